The number of likely N-dealkylation sites (tertiary alicyclic amines) is 1. The zero-order valence-electron chi connectivity index (χ0n) is 20.8. The van der Waals surface area contributed by atoms with Crippen LogP contribution in [0, 0.1) is 0 Å². The fourth-order valence-electron chi connectivity index (χ4n) is 4.92. The number of aliphatic hydroxyl groups is 1. The minimum atomic E-state index is -0.866. The normalized spacial score (nSPS) is 17.9. The Morgan fingerprint density at radius 2 is 1.70 bits per heavy atom. The van der Waals surface area contributed by atoms with E-state index in [2.05, 4.69) is 0 Å². The van der Waals surface area contributed by atoms with Crippen LogP contribution in [0.15, 0.2) is 66.2 Å². The lowest BCUT2D eigenvalue weighted by Gasteiger charge is -2.26. The topological polar surface area (TPSA) is 94.5 Å². The number of rotatable bonds is 7. The predicted molar refractivity (Wildman–Crippen MR) is 136 cm³/mol. The number of fused-ring (bicyclic) bond motifs is 1. The van der Waals surface area contributed by atoms with Gasteiger partial charge in [-0.2, -0.15) is 0 Å². The molecule has 8 nitrogen and oxygen atoms in total. The number of para-hydroxylation sites is 1. The van der Waals surface area contributed by atoms with Crippen molar-refractivity contribution in [3.8, 4) is 23.0 Å². The molecule has 1 N–H and O–H groups in total. The molecule has 37 heavy (non-hydrogen) atoms. The zero-order valence-corrected chi connectivity index (χ0v) is 20.8. The van der Waals surface area contributed by atoms with Gasteiger partial charge in [0.25, 0.3) is 11.7 Å². The third kappa shape index (κ3) is 4.24. The number of ether oxygens (including phenoxy) is 4. The summed E-state index contributed by atoms with van der Waals surface area (Å²) in [5.74, 6) is 0.582. The molecule has 0 radical (unpaired) electrons. The predicted octanol–water partition coefficient (Wildman–Crippen LogP) is 4.27. The second-order valence-corrected chi connectivity index (χ2v) is 8.77. The van der Waals surface area contributed by atoms with Gasteiger partial charge in [0.05, 0.1) is 46.1 Å². The van der Waals surface area contributed by atoms with Crippen LogP contribution in [0.4, 0.5) is 0 Å². The number of Topliss-reactive ketones (excluding diaryl/α,β-unsaturated/α-hetero) is 1. The number of methoxy groups -OCH3 is 3. The molecule has 190 valence electrons. The third-order valence-electron chi connectivity index (χ3n) is 6.76. The maximum absolute atomic E-state index is 13.4. The molecule has 0 saturated carbocycles. The van der Waals surface area contributed by atoms with Gasteiger partial charge in [0.2, 0.25) is 0 Å². The lowest BCUT2D eigenvalue weighted by atomic mass is 9.94. The average molecular weight is 502 g/mol. The van der Waals surface area contributed by atoms with Crippen LogP contribution in [0.25, 0.3) is 5.76 Å². The molecule has 2 heterocycles. The number of aliphatic hydroxyl groups excluding tert-OH is 1. The van der Waals surface area contributed by atoms with E-state index in [-0.39, 0.29) is 17.9 Å². The maximum atomic E-state index is 13.4. The number of ketones is 1. The molecule has 1 fully saturated rings. The molecular formula is C29H27NO7. The first kappa shape index (κ1) is 24.2. The molecule has 5 rings (SSSR count). The summed E-state index contributed by atoms with van der Waals surface area (Å²) in [5.41, 5.74) is 2.72. The lowest BCUT2D eigenvalue weighted by Crippen LogP contribution is -2.29. The number of benzene rings is 3. The van der Waals surface area contributed by atoms with E-state index in [9.17, 15) is 14.7 Å². The molecule has 3 aromatic rings. The van der Waals surface area contributed by atoms with Crippen molar-refractivity contribution in [3.05, 3.63) is 88.5 Å². The smallest absolute Gasteiger partial charge is 0.295 e. The van der Waals surface area contributed by atoms with Crippen molar-refractivity contribution in [1.82, 2.24) is 4.90 Å². The van der Waals surface area contributed by atoms with E-state index in [0.717, 1.165) is 16.9 Å². The van der Waals surface area contributed by atoms with Crippen LogP contribution < -0.4 is 18.9 Å². The highest BCUT2D eigenvalue weighted by molar-refractivity contribution is 6.46. The largest absolute Gasteiger partial charge is 0.507 e. The van der Waals surface area contributed by atoms with E-state index in [1.54, 1.807) is 49.6 Å². The van der Waals surface area contributed by atoms with E-state index in [1.807, 2.05) is 18.2 Å². The molecule has 0 spiro atoms. The Balaban J connectivity index is 1.67. The van der Waals surface area contributed by atoms with Crippen LogP contribution in [0.3, 0.4) is 0 Å². The highest BCUT2D eigenvalue weighted by Gasteiger charge is 2.46. The number of carbonyl (C=O) groups is 2. The molecule has 0 aromatic heterocycles. The van der Waals surface area contributed by atoms with Gasteiger partial charge in [0.1, 0.15) is 17.3 Å². The molecule has 1 saturated heterocycles. The van der Waals surface area contributed by atoms with Crippen molar-refractivity contribution in [2.75, 3.05) is 27.9 Å². The molecule has 2 aliphatic heterocycles. The summed E-state index contributed by atoms with van der Waals surface area (Å²) >= 11 is 0. The van der Waals surface area contributed by atoms with E-state index in [4.69, 9.17) is 18.9 Å². The summed E-state index contributed by atoms with van der Waals surface area (Å²) in [7, 11) is 4.60. The Morgan fingerprint density at radius 1 is 0.946 bits per heavy atom. The van der Waals surface area contributed by atoms with E-state index >= 15 is 0 Å². The number of hydrogen-bond acceptors (Lipinski definition) is 7. The standard InChI is InChI=1S/C29H27NO7/c1-34-21-7-5-4-6-20(21)16-30-26(18-8-11-23(35-2)24(15-18)36-3)25(28(32)29(30)33)27(31)19-9-10-22-17(14-19)12-13-37-22/h4-11,14-15,26,31H,12-13,16H2,1-3H3/b27-25+. The molecule has 0 bridgehead atoms. The average Bonchev–Trinajstić information content (AvgIpc) is 3.50. The van der Waals surface area contributed by atoms with E-state index < -0.39 is 17.7 Å². The Labute approximate surface area is 214 Å². The second-order valence-electron chi connectivity index (χ2n) is 8.77. The molecule has 1 unspecified atom stereocenters. The van der Waals surface area contributed by atoms with Gasteiger partial charge in [0, 0.05) is 17.5 Å². The van der Waals surface area contributed by atoms with E-state index in [0.29, 0.717) is 41.4 Å². The van der Waals surface area contributed by atoms with Gasteiger partial charge in [-0.1, -0.05) is 24.3 Å². The summed E-state index contributed by atoms with van der Waals surface area (Å²) in [6.07, 6.45) is 0.706. The van der Waals surface area contributed by atoms with Gasteiger partial charge in [-0.3, -0.25) is 9.59 Å². The van der Waals surface area contributed by atoms with Crippen LogP contribution in [-0.2, 0) is 22.6 Å². The maximum Gasteiger partial charge on any atom is 0.295 e. The molecule has 0 aliphatic carbocycles. The molecule has 1 atom stereocenters. The number of carbonyl (C=O) groups excluding carboxylic acids is 2. The van der Waals surface area contributed by atoms with Crippen molar-refractivity contribution in [3.63, 3.8) is 0 Å². The fourth-order valence-corrected chi connectivity index (χ4v) is 4.92. The van der Waals surface area contributed by atoms with Crippen molar-refractivity contribution in [2.45, 2.75) is 19.0 Å². The Bertz CT molecular complexity index is 1410. The molecule has 8 heteroatoms. The molecule has 2 aliphatic rings. The Kier molecular flexibility index (Phi) is 6.48. The van der Waals surface area contributed by atoms with Crippen LogP contribution in [0.1, 0.15) is 28.3 Å². The van der Waals surface area contributed by atoms with E-state index in [1.165, 1.54) is 19.1 Å². The van der Waals surface area contributed by atoms with Gasteiger partial charge in [-0.25, -0.2) is 0 Å². The second kappa shape index (κ2) is 9.89. The summed E-state index contributed by atoms with van der Waals surface area (Å²) < 4.78 is 21.9. The quantitative estimate of drug-likeness (QED) is 0.294. The summed E-state index contributed by atoms with van der Waals surface area (Å²) in [6, 6.07) is 16.9. The molecular weight excluding hydrogens is 474 g/mol. The fraction of sp³-hybridized carbons (Fsp3) is 0.241. The van der Waals surface area contributed by atoms with Crippen LogP contribution in [0.2, 0.25) is 0 Å². The highest BCUT2D eigenvalue weighted by Crippen LogP contribution is 2.43. The molecule has 1 amide bonds. The van der Waals surface area contributed by atoms with Gasteiger partial charge in [0.15, 0.2) is 11.5 Å². The van der Waals surface area contributed by atoms with Gasteiger partial charge < -0.3 is 29.0 Å². The first-order valence-electron chi connectivity index (χ1n) is 11.8. The van der Waals surface area contributed by atoms with Crippen LogP contribution in [-0.4, -0.2) is 49.6 Å². The first-order chi connectivity index (χ1) is 18.0. The van der Waals surface area contributed by atoms with Crippen molar-refractivity contribution in [2.24, 2.45) is 0 Å². The minimum absolute atomic E-state index is 0.00554. The van der Waals surface area contributed by atoms with Gasteiger partial charge in [-0.15, -0.1) is 0 Å². The van der Waals surface area contributed by atoms with Crippen molar-refractivity contribution in [1.29, 1.82) is 0 Å². The summed E-state index contributed by atoms with van der Waals surface area (Å²) in [4.78, 5) is 28.3. The van der Waals surface area contributed by atoms with Crippen molar-refractivity contribution >= 4 is 17.4 Å². The number of amides is 1. The van der Waals surface area contributed by atoms with Crippen LogP contribution >= 0.6 is 0 Å². The van der Waals surface area contributed by atoms with Gasteiger partial charge in [-0.05, 0) is 47.5 Å². The lowest BCUT2D eigenvalue weighted by molar-refractivity contribution is -0.140. The van der Waals surface area contributed by atoms with Crippen molar-refractivity contribution < 1.29 is 33.6 Å². The minimum Gasteiger partial charge on any atom is -0.507 e. The highest BCUT2D eigenvalue weighted by atomic mass is 16.5. The molecule has 3 aromatic carbocycles. The number of nitrogens with zero attached hydrogens (tertiary/aromatic N) is 1. The third-order valence-corrected chi connectivity index (χ3v) is 6.76. The summed E-state index contributed by atoms with van der Waals surface area (Å²) in [5, 5.41) is 11.4. The van der Waals surface area contributed by atoms with Gasteiger partial charge >= 0.3 is 0 Å². The SMILES string of the molecule is COc1ccccc1CN1C(=O)C(=O)/C(=C(/O)c2ccc3c(c2)CCO3)C1c1ccc(OC)c(OC)c1. The first-order valence-corrected chi connectivity index (χ1v) is 11.8. The summed E-state index contributed by atoms with van der Waals surface area (Å²) in [6.45, 7) is 0.664. The number of hydrogen-bond donors (Lipinski definition) is 1. The Hall–Kier alpha value is -4.46. The Morgan fingerprint density at radius 3 is 2.46 bits per heavy atom. The zero-order chi connectivity index (χ0) is 26.1. The van der Waals surface area contributed by atoms with Crippen LogP contribution in [0.5, 0.6) is 23.0 Å². The monoisotopic (exact) mass is 501 g/mol.